The third-order valence-electron chi connectivity index (χ3n) is 5.77. The number of hydrogen-bond acceptors (Lipinski definition) is 1. The number of carbonyl (C=O) groups excluding carboxylic acids is 1. The summed E-state index contributed by atoms with van der Waals surface area (Å²) >= 11 is 12.4. The SMILES string of the molecule is CC(C)(C)c1ccc(C2c3cccn3CCCN2C(=O)c2ccc(Cl)cc2Cl)cc1. The van der Waals surface area contributed by atoms with E-state index in [1.807, 2.05) is 4.90 Å². The molecule has 4 rings (SSSR count). The van der Waals surface area contributed by atoms with Crippen molar-refractivity contribution in [3.05, 3.63) is 93.2 Å². The van der Waals surface area contributed by atoms with Gasteiger partial charge >= 0.3 is 0 Å². The van der Waals surface area contributed by atoms with E-state index in [2.05, 4.69) is 67.9 Å². The smallest absolute Gasteiger partial charge is 0.256 e. The van der Waals surface area contributed by atoms with Crippen LogP contribution in [0.2, 0.25) is 10.0 Å². The monoisotopic (exact) mass is 440 g/mol. The fourth-order valence-electron chi connectivity index (χ4n) is 4.13. The van der Waals surface area contributed by atoms with Crippen molar-refractivity contribution in [3.8, 4) is 0 Å². The summed E-state index contributed by atoms with van der Waals surface area (Å²) in [5.41, 5.74) is 4.05. The Morgan fingerprint density at radius 3 is 2.40 bits per heavy atom. The number of aromatic nitrogens is 1. The van der Waals surface area contributed by atoms with Crippen LogP contribution in [0.25, 0.3) is 0 Å². The van der Waals surface area contributed by atoms with Crippen molar-refractivity contribution in [1.82, 2.24) is 9.47 Å². The van der Waals surface area contributed by atoms with Gasteiger partial charge in [0.2, 0.25) is 0 Å². The van der Waals surface area contributed by atoms with Crippen molar-refractivity contribution in [2.24, 2.45) is 0 Å². The summed E-state index contributed by atoms with van der Waals surface area (Å²) < 4.78 is 2.25. The Morgan fingerprint density at radius 2 is 1.73 bits per heavy atom. The van der Waals surface area contributed by atoms with E-state index in [9.17, 15) is 4.79 Å². The Labute approximate surface area is 188 Å². The largest absolute Gasteiger partial charge is 0.349 e. The summed E-state index contributed by atoms with van der Waals surface area (Å²) in [5.74, 6) is -0.0729. The second-order valence-electron chi connectivity index (χ2n) is 8.88. The topological polar surface area (TPSA) is 25.2 Å². The zero-order valence-electron chi connectivity index (χ0n) is 17.5. The van der Waals surface area contributed by atoms with Crippen LogP contribution in [0.3, 0.4) is 0 Å². The Morgan fingerprint density at radius 1 is 1.00 bits per heavy atom. The fraction of sp³-hybridized carbons (Fsp3) is 0.320. The number of rotatable bonds is 2. The molecule has 3 nitrogen and oxygen atoms in total. The van der Waals surface area contributed by atoms with Gasteiger partial charge in [0.05, 0.1) is 16.6 Å². The molecule has 1 unspecified atom stereocenters. The molecule has 0 radical (unpaired) electrons. The molecule has 156 valence electrons. The van der Waals surface area contributed by atoms with E-state index < -0.39 is 0 Å². The van der Waals surface area contributed by atoms with Gasteiger partial charge in [0.1, 0.15) is 0 Å². The first-order valence-corrected chi connectivity index (χ1v) is 11.0. The minimum Gasteiger partial charge on any atom is -0.349 e. The van der Waals surface area contributed by atoms with Crippen molar-refractivity contribution >= 4 is 29.1 Å². The van der Waals surface area contributed by atoms with Crippen molar-refractivity contribution in [2.45, 2.75) is 45.2 Å². The molecule has 1 amide bonds. The number of aryl methyl sites for hydroxylation is 1. The zero-order valence-corrected chi connectivity index (χ0v) is 19.0. The molecule has 1 aliphatic heterocycles. The lowest BCUT2D eigenvalue weighted by atomic mass is 9.86. The summed E-state index contributed by atoms with van der Waals surface area (Å²) in [6, 6.07) is 17.7. The van der Waals surface area contributed by atoms with E-state index in [0.717, 1.165) is 24.2 Å². The highest BCUT2D eigenvalue weighted by Crippen LogP contribution is 2.35. The Balaban J connectivity index is 1.79. The minimum absolute atomic E-state index is 0.0729. The van der Waals surface area contributed by atoms with Crippen LogP contribution in [0.15, 0.2) is 60.8 Å². The molecule has 0 bridgehead atoms. The molecule has 3 aromatic rings. The molecule has 0 saturated heterocycles. The first-order chi connectivity index (χ1) is 14.3. The molecule has 0 spiro atoms. The zero-order chi connectivity index (χ0) is 21.5. The molecule has 2 aromatic carbocycles. The number of hydrogen-bond donors (Lipinski definition) is 0. The second kappa shape index (κ2) is 8.13. The number of benzene rings is 2. The molecule has 2 heterocycles. The van der Waals surface area contributed by atoms with Crippen LogP contribution in [-0.2, 0) is 12.0 Å². The van der Waals surface area contributed by atoms with Crippen molar-refractivity contribution < 1.29 is 4.79 Å². The van der Waals surface area contributed by atoms with Crippen molar-refractivity contribution in [2.75, 3.05) is 6.54 Å². The normalized spacial score (nSPS) is 16.8. The number of nitrogens with zero attached hydrogens (tertiary/aromatic N) is 2. The second-order valence-corrected chi connectivity index (χ2v) is 9.72. The molecule has 0 fully saturated rings. The Bertz CT molecular complexity index is 1060. The fourth-order valence-corrected chi connectivity index (χ4v) is 4.62. The van der Waals surface area contributed by atoms with Crippen LogP contribution in [0, 0.1) is 0 Å². The maximum atomic E-state index is 13.6. The number of halogens is 2. The van der Waals surface area contributed by atoms with E-state index in [-0.39, 0.29) is 17.4 Å². The van der Waals surface area contributed by atoms with E-state index >= 15 is 0 Å². The lowest BCUT2D eigenvalue weighted by molar-refractivity contribution is 0.0709. The molecule has 30 heavy (non-hydrogen) atoms. The van der Waals surface area contributed by atoms with Crippen LogP contribution in [0.1, 0.15) is 60.4 Å². The van der Waals surface area contributed by atoms with Crippen LogP contribution < -0.4 is 0 Å². The number of carbonyl (C=O) groups is 1. The molecule has 0 aliphatic carbocycles. The molecule has 1 atom stereocenters. The van der Waals surface area contributed by atoms with Gasteiger partial charge in [0.25, 0.3) is 5.91 Å². The minimum atomic E-state index is -0.171. The predicted molar refractivity (Wildman–Crippen MR) is 124 cm³/mol. The highest BCUT2D eigenvalue weighted by Gasteiger charge is 2.32. The Hall–Kier alpha value is -2.23. The van der Waals surface area contributed by atoms with E-state index in [4.69, 9.17) is 23.2 Å². The highest BCUT2D eigenvalue weighted by molar-refractivity contribution is 6.36. The summed E-state index contributed by atoms with van der Waals surface area (Å²) in [4.78, 5) is 15.6. The first kappa shape index (κ1) is 21.0. The van der Waals surface area contributed by atoms with Gasteiger partial charge < -0.3 is 9.47 Å². The quantitative estimate of drug-likeness (QED) is 0.433. The molecule has 1 aromatic heterocycles. The summed E-state index contributed by atoms with van der Waals surface area (Å²) in [5, 5.41) is 0.907. The van der Waals surface area contributed by atoms with Crippen LogP contribution >= 0.6 is 23.2 Å². The van der Waals surface area contributed by atoms with Crippen LogP contribution in [-0.4, -0.2) is 21.9 Å². The third kappa shape index (κ3) is 4.01. The predicted octanol–water partition coefficient (Wildman–Crippen LogP) is 6.73. The lowest BCUT2D eigenvalue weighted by Gasteiger charge is -2.31. The van der Waals surface area contributed by atoms with Gasteiger partial charge in [-0.15, -0.1) is 0 Å². The number of amides is 1. The van der Waals surface area contributed by atoms with Crippen molar-refractivity contribution in [1.29, 1.82) is 0 Å². The Kier molecular flexibility index (Phi) is 5.69. The molecule has 1 aliphatic rings. The van der Waals surface area contributed by atoms with Gasteiger partial charge in [0.15, 0.2) is 0 Å². The average Bonchev–Trinajstić information content (AvgIpc) is 3.07. The molecule has 0 saturated carbocycles. The summed E-state index contributed by atoms with van der Waals surface area (Å²) in [6.07, 6.45) is 2.98. The van der Waals surface area contributed by atoms with Crippen LogP contribution in [0.5, 0.6) is 0 Å². The standard InChI is InChI=1S/C25H26Cl2N2O/c1-25(2,3)18-9-7-17(8-10-18)23-22-6-4-13-28(22)14-5-15-29(23)24(30)20-12-11-19(26)16-21(20)27/h4,6-13,16,23H,5,14-15H2,1-3H3. The van der Waals surface area contributed by atoms with Gasteiger partial charge in [-0.3, -0.25) is 4.79 Å². The molecular weight excluding hydrogens is 415 g/mol. The molecule has 0 N–H and O–H groups in total. The lowest BCUT2D eigenvalue weighted by Crippen LogP contribution is -2.36. The summed E-state index contributed by atoms with van der Waals surface area (Å²) in [6.45, 7) is 8.16. The van der Waals surface area contributed by atoms with Gasteiger partial charge in [-0.2, -0.15) is 0 Å². The highest BCUT2D eigenvalue weighted by atomic mass is 35.5. The van der Waals surface area contributed by atoms with Crippen molar-refractivity contribution in [3.63, 3.8) is 0 Å². The third-order valence-corrected chi connectivity index (χ3v) is 6.32. The molecular formula is C25H26Cl2N2O. The first-order valence-electron chi connectivity index (χ1n) is 10.3. The molecule has 5 heteroatoms. The maximum Gasteiger partial charge on any atom is 0.256 e. The van der Waals surface area contributed by atoms with E-state index in [1.54, 1.807) is 18.2 Å². The van der Waals surface area contributed by atoms with Gasteiger partial charge in [-0.05, 0) is 53.3 Å². The van der Waals surface area contributed by atoms with Gasteiger partial charge in [-0.1, -0.05) is 68.2 Å². The van der Waals surface area contributed by atoms with Gasteiger partial charge in [0, 0.05) is 30.0 Å². The maximum absolute atomic E-state index is 13.6. The summed E-state index contributed by atoms with van der Waals surface area (Å²) in [7, 11) is 0. The van der Waals surface area contributed by atoms with E-state index in [1.165, 1.54) is 5.56 Å². The number of fused-ring (bicyclic) bond motifs is 1. The van der Waals surface area contributed by atoms with E-state index in [0.29, 0.717) is 22.2 Å². The average molecular weight is 441 g/mol. The van der Waals surface area contributed by atoms with Gasteiger partial charge in [-0.25, -0.2) is 0 Å². The van der Waals surface area contributed by atoms with Crippen LogP contribution in [0.4, 0.5) is 0 Å².